The van der Waals surface area contributed by atoms with Gasteiger partial charge in [-0.25, -0.2) is 19.0 Å². The van der Waals surface area contributed by atoms with Gasteiger partial charge in [-0.15, -0.1) is 5.10 Å². The number of nitrogens with zero attached hydrogens (tertiary/aromatic N) is 5. The van der Waals surface area contributed by atoms with Gasteiger partial charge in [0.05, 0.1) is 42.4 Å². The highest BCUT2D eigenvalue weighted by Crippen LogP contribution is 2.27. The lowest BCUT2D eigenvalue weighted by Gasteiger charge is -2.20. The molecular formula is C14H13FN6O. The first-order chi connectivity index (χ1) is 10.8. The van der Waals surface area contributed by atoms with Crippen LogP contribution >= 0.6 is 0 Å². The molecule has 1 aromatic carbocycles. The molecule has 0 spiro atoms. The van der Waals surface area contributed by atoms with Crippen molar-refractivity contribution in [3.63, 3.8) is 0 Å². The average Bonchev–Trinajstić information content (AvgIpc) is 3.18. The van der Waals surface area contributed by atoms with E-state index in [2.05, 4.69) is 25.6 Å². The van der Waals surface area contributed by atoms with E-state index in [0.29, 0.717) is 29.9 Å². The van der Waals surface area contributed by atoms with Crippen LogP contribution in [0.5, 0.6) is 0 Å². The zero-order chi connectivity index (χ0) is 14.9. The standard InChI is InChI=1S/C14H13FN6O/c15-9-2-1-3-10-13(9)14(17-8-16-10)19-11-6-22-7-12(11)21-5-4-18-20-21/h1-5,8,11-12H,6-7H2,(H,16,17,19)/t11-,12+/m1/s1. The molecule has 4 rings (SSSR count). The first-order valence-corrected chi connectivity index (χ1v) is 6.92. The van der Waals surface area contributed by atoms with Crippen LogP contribution in [0.3, 0.4) is 0 Å². The first kappa shape index (κ1) is 13.1. The van der Waals surface area contributed by atoms with Crippen molar-refractivity contribution < 1.29 is 9.13 Å². The van der Waals surface area contributed by atoms with Gasteiger partial charge in [0.1, 0.15) is 18.0 Å². The summed E-state index contributed by atoms with van der Waals surface area (Å²) in [5.74, 6) is 0.112. The minimum absolute atomic E-state index is 0.0145. The van der Waals surface area contributed by atoms with Crippen LogP contribution in [0.4, 0.5) is 10.2 Å². The molecule has 1 N–H and O–H groups in total. The van der Waals surface area contributed by atoms with Crippen molar-refractivity contribution >= 4 is 16.7 Å². The number of rotatable bonds is 3. The molecule has 3 aromatic rings. The van der Waals surface area contributed by atoms with Gasteiger partial charge in [0.2, 0.25) is 0 Å². The molecule has 3 heterocycles. The minimum atomic E-state index is -0.350. The molecule has 1 aliphatic rings. The number of hydrogen-bond acceptors (Lipinski definition) is 6. The van der Waals surface area contributed by atoms with Crippen LogP contribution in [0.1, 0.15) is 6.04 Å². The molecule has 112 valence electrons. The Morgan fingerprint density at radius 3 is 3.09 bits per heavy atom. The number of aromatic nitrogens is 5. The Morgan fingerprint density at radius 2 is 2.23 bits per heavy atom. The maximum absolute atomic E-state index is 14.1. The highest BCUT2D eigenvalue weighted by Gasteiger charge is 2.31. The van der Waals surface area contributed by atoms with Gasteiger partial charge in [0.25, 0.3) is 0 Å². The Hall–Kier alpha value is -2.61. The Kier molecular flexibility index (Phi) is 3.15. The van der Waals surface area contributed by atoms with E-state index < -0.39 is 0 Å². The molecule has 1 fully saturated rings. The van der Waals surface area contributed by atoms with Gasteiger partial charge in [0, 0.05) is 6.20 Å². The van der Waals surface area contributed by atoms with E-state index in [4.69, 9.17) is 4.74 Å². The number of halogens is 1. The monoisotopic (exact) mass is 300 g/mol. The molecule has 0 unspecified atom stereocenters. The molecule has 1 saturated heterocycles. The van der Waals surface area contributed by atoms with E-state index >= 15 is 0 Å². The van der Waals surface area contributed by atoms with Crippen molar-refractivity contribution in [2.45, 2.75) is 12.1 Å². The zero-order valence-corrected chi connectivity index (χ0v) is 11.6. The molecule has 0 amide bonds. The second kappa shape index (κ2) is 5.30. The highest BCUT2D eigenvalue weighted by atomic mass is 19.1. The van der Waals surface area contributed by atoms with Gasteiger partial charge >= 0.3 is 0 Å². The number of anilines is 1. The lowest BCUT2D eigenvalue weighted by molar-refractivity contribution is 0.183. The number of fused-ring (bicyclic) bond motifs is 1. The summed E-state index contributed by atoms with van der Waals surface area (Å²) >= 11 is 0. The SMILES string of the molecule is Fc1cccc2ncnc(N[C@@H]3COC[C@@H]3n3ccnn3)c12. The predicted molar refractivity (Wildman–Crippen MR) is 76.8 cm³/mol. The zero-order valence-electron chi connectivity index (χ0n) is 11.6. The lowest BCUT2D eigenvalue weighted by Crippen LogP contribution is -2.31. The molecule has 22 heavy (non-hydrogen) atoms. The van der Waals surface area contributed by atoms with E-state index in [-0.39, 0.29) is 17.9 Å². The normalized spacial score (nSPS) is 21.3. The number of ether oxygens (including phenoxy) is 1. The summed E-state index contributed by atoms with van der Waals surface area (Å²) in [5, 5.41) is 11.5. The van der Waals surface area contributed by atoms with Crippen molar-refractivity contribution in [1.82, 2.24) is 25.0 Å². The molecule has 0 saturated carbocycles. The molecule has 2 atom stereocenters. The van der Waals surface area contributed by atoms with E-state index in [1.165, 1.54) is 12.4 Å². The quantitative estimate of drug-likeness (QED) is 0.788. The van der Waals surface area contributed by atoms with Crippen molar-refractivity contribution in [3.8, 4) is 0 Å². The Morgan fingerprint density at radius 1 is 1.27 bits per heavy atom. The fourth-order valence-corrected chi connectivity index (χ4v) is 2.69. The summed E-state index contributed by atoms with van der Waals surface area (Å²) in [6.07, 6.45) is 4.83. The Bertz CT molecular complexity index is 788. The average molecular weight is 300 g/mol. The van der Waals surface area contributed by atoms with Crippen molar-refractivity contribution in [3.05, 3.63) is 42.7 Å². The molecule has 7 nitrogen and oxygen atoms in total. The third-order valence-corrected chi connectivity index (χ3v) is 3.77. The summed E-state index contributed by atoms with van der Waals surface area (Å²) in [4.78, 5) is 8.28. The van der Waals surface area contributed by atoms with Gasteiger partial charge in [0.15, 0.2) is 0 Å². The van der Waals surface area contributed by atoms with Gasteiger partial charge in [-0.05, 0) is 12.1 Å². The molecule has 0 radical (unpaired) electrons. The van der Waals surface area contributed by atoms with E-state index in [9.17, 15) is 4.39 Å². The van der Waals surface area contributed by atoms with Gasteiger partial charge in [-0.1, -0.05) is 11.3 Å². The maximum Gasteiger partial charge on any atom is 0.140 e. The number of nitrogens with one attached hydrogen (secondary N) is 1. The molecular weight excluding hydrogens is 287 g/mol. The first-order valence-electron chi connectivity index (χ1n) is 6.92. The van der Waals surface area contributed by atoms with Gasteiger partial charge < -0.3 is 10.1 Å². The Labute approximate surface area is 125 Å². The summed E-state index contributed by atoms with van der Waals surface area (Å²) in [5.41, 5.74) is 0.564. The smallest absolute Gasteiger partial charge is 0.140 e. The van der Waals surface area contributed by atoms with Crippen LogP contribution in [-0.4, -0.2) is 44.2 Å². The minimum Gasteiger partial charge on any atom is -0.377 e. The largest absolute Gasteiger partial charge is 0.377 e. The lowest BCUT2D eigenvalue weighted by atomic mass is 10.1. The fraction of sp³-hybridized carbons (Fsp3) is 0.286. The summed E-state index contributed by atoms with van der Waals surface area (Å²) in [6, 6.07) is 4.70. The van der Waals surface area contributed by atoms with Crippen molar-refractivity contribution in [2.24, 2.45) is 0 Å². The van der Waals surface area contributed by atoms with Crippen LogP contribution in [0.15, 0.2) is 36.9 Å². The highest BCUT2D eigenvalue weighted by molar-refractivity contribution is 5.89. The van der Waals surface area contributed by atoms with Gasteiger partial charge in [-0.2, -0.15) is 0 Å². The Balaban J connectivity index is 1.69. The third kappa shape index (κ3) is 2.17. The second-order valence-corrected chi connectivity index (χ2v) is 5.09. The van der Waals surface area contributed by atoms with Crippen LogP contribution in [0, 0.1) is 5.82 Å². The molecule has 8 heteroatoms. The molecule has 0 bridgehead atoms. The van der Waals surface area contributed by atoms with Crippen LogP contribution < -0.4 is 5.32 Å². The third-order valence-electron chi connectivity index (χ3n) is 3.77. The summed E-state index contributed by atoms with van der Waals surface area (Å²) in [6.45, 7) is 1.01. The van der Waals surface area contributed by atoms with E-state index in [1.54, 1.807) is 29.2 Å². The second-order valence-electron chi connectivity index (χ2n) is 5.09. The number of benzene rings is 1. The van der Waals surface area contributed by atoms with Crippen molar-refractivity contribution in [1.29, 1.82) is 0 Å². The van der Waals surface area contributed by atoms with E-state index in [0.717, 1.165) is 0 Å². The molecule has 0 aliphatic carbocycles. The van der Waals surface area contributed by atoms with Crippen LogP contribution in [0.2, 0.25) is 0 Å². The summed E-state index contributed by atoms with van der Waals surface area (Å²) in [7, 11) is 0. The predicted octanol–water partition coefficient (Wildman–Crippen LogP) is 1.41. The topological polar surface area (TPSA) is 77.8 Å². The molecule has 1 aliphatic heterocycles. The summed E-state index contributed by atoms with van der Waals surface area (Å²) < 4.78 is 21.4. The van der Waals surface area contributed by atoms with E-state index in [1.807, 2.05) is 0 Å². The number of hydrogen-bond donors (Lipinski definition) is 1. The van der Waals surface area contributed by atoms with Crippen LogP contribution in [-0.2, 0) is 4.74 Å². The fourth-order valence-electron chi connectivity index (χ4n) is 2.69. The van der Waals surface area contributed by atoms with Crippen LogP contribution in [0.25, 0.3) is 10.9 Å². The van der Waals surface area contributed by atoms with Gasteiger partial charge in [-0.3, -0.25) is 0 Å². The molecule has 2 aromatic heterocycles. The maximum atomic E-state index is 14.1. The van der Waals surface area contributed by atoms with Crippen molar-refractivity contribution in [2.75, 3.05) is 18.5 Å².